The molecule has 0 bridgehead atoms. The molecule has 2 nitrogen and oxygen atoms in total. The second kappa shape index (κ2) is 5.47. The zero-order valence-corrected chi connectivity index (χ0v) is 12.6. The lowest BCUT2D eigenvalue weighted by molar-refractivity contribution is 1.02. The van der Waals surface area contributed by atoms with Gasteiger partial charge in [0, 0.05) is 21.3 Å². The van der Waals surface area contributed by atoms with Crippen molar-refractivity contribution in [2.75, 3.05) is 5.73 Å². The molecular formula is C13H14Cl2N2S. The molecule has 0 saturated heterocycles. The minimum Gasteiger partial charge on any atom is -0.375 e. The van der Waals surface area contributed by atoms with Gasteiger partial charge in [-0.15, -0.1) is 11.3 Å². The fraction of sp³-hybridized carbons (Fsp3) is 0.308. The average molecular weight is 301 g/mol. The number of aromatic nitrogens is 1. The Morgan fingerprint density at radius 2 is 2.06 bits per heavy atom. The SMILES string of the molecule is CCc1nc(N)sc1Cc1c(Cl)ccc(C)c1Cl. The first kappa shape index (κ1) is 13.7. The van der Waals surface area contributed by atoms with Gasteiger partial charge in [-0.1, -0.05) is 36.2 Å². The van der Waals surface area contributed by atoms with Gasteiger partial charge in [0.2, 0.25) is 0 Å². The predicted octanol–water partition coefficient (Wildman–Crippen LogP) is 4.49. The Kier molecular flexibility index (Phi) is 4.15. The maximum atomic E-state index is 6.32. The molecule has 0 amide bonds. The van der Waals surface area contributed by atoms with Crippen molar-refractivity contribution in [1.29, 1.82) is 0 Å². The molecular weight excluding hydrogens is 287 g/mol. The highest BCUT2D eigenvalue weighted by Gasteiger charge is 2.14. The third-order valence-corrected chi connectivity index (χ3v) is 4.65. The van der Waals surface area contributed by atoms with E-state index in [1.165, 1.54) is 11.3 Å². The van der Waals surface area contributed by atoms with Crippen molar-refractivity contribution in [2.24, 2.45) is 0 Å². The van der Waals surface area contributed by atoms with Crippen LogP contribution >= 0.6 is 34.5 Å². The van der Waals surface area contributed by atoms with Gasteiger partial charge in [-0.3, -0.25) is 0 Å². The van der Waals surface area contributed by atoms with E-state index in [0.717, 1.165) is 33.1 Å². The molecule has 5 heteroatoms. The summed E-state index contributed by atoms with van der Waals surface area (Å²) in [5.41, 5.74) is 8.78. The number of nitrogens with zero attached hydrogens (tertiary/aromatic N) is 1. The molecule has 2 N–H and O–H groups in total. The third kappa shape index (κ3) is 2.63. The van der Waals surface area contributed by atoms with Gasteiger partial charge in [0.15, 0.2) is 5.13 Å². The van der Waals surface area contributed by atoms with Gasteiger partial charge >= 0.3 is 0 Å². The summed E-state index contributed by atoms with van der Waals surface area (Å²) in [6.45, 7) is 4.04. The standard InChI is InChI=1S/C13H14Cl2N2S/c1-3-10-11(18-13(16)17-10)6-8-9(14)5-4-7(2)12(8)15/h4-5H,3,6H2,1-2H3,(H2,16,17). The first-order valence-electron chi connectivity index (χ1n) is 5.70. The maximum absolute atomic E-state index is 6.32. The van der Waals surface area contributed by atoms with Crippen molar-refractivity contribution >= 4 is 39.7 Å². The molecule has 18 heavy (non-hydrogen) atoms. The molecule has 0 aliphatic heterocycles. The number of benzene rings is 1. The van der Waals surface area contributed by atoms with Crippen LogP contribution in [0.3, 0.4) is 0 Å². The summed E-state index contributed by atoms with van der Waals surface area (Å²) in [4.78, 5) is 5.46. The Bertz CT molecular complexity index is 579. The summed E-state index contributed by atoms with van der Waals surface area (Å²) < 4.78 is 0. The Morgan fingerprint density at radius 1 is 1.33 bits per heavy atom. The Balaban J connectivity index is 2.42. The number of thiazole rings is 1. The number of aryl methyl sites for hydroxylation is 2. The minimum atomic E-state index is 0.599. The van der Waals surface area contributed by atoms with E-state index in [-0.39, 0.29) is 0 Å². The molecule has 0 aliphatic carbocycles. The molecule has 1 aromatic carbocycles. The number of nitrogen functional groups attached to an aromatic ring is 1. The number of hydrogen-bond donors (Lipinski definition) is 1. The highest BCUT2D eigenvalue weighted by Crippen LogP contribution is 2.32. The van der Waals surface area contributed by atoms with Gasteiger partial charge < -0.3 is 5.73 Å². The van der Waals surface area contributed by atoms with Crippen LogP contribution in [0.4, 0.5) is 5.13 Å². The number of anilines is 1. The fourth-order valence-corrected chi connectivity index (χ4v) is 3.29. The van der Waals surface area contributed by atoms with Crippen molar-refractivity contribution in [1.82, 2.24) is 4.98 Å². The van der Waals surface area contributed by atoms with Crippen molar-refractivity contribution in [3.63, 3.8) is 0 Å². The summed E-state index contributed by atoms with van der Waals surface area (Å²) >= 11 is 14.0. The number of rotatable bonds is 3. The Morgan fingerprint density at radius 3 is 2.72 bits per heavy atom. The molecule has 1 heterocycles. The first-order valence-corrected chi connectivity index (χ1v) is 7.27. The summed E-state index contributed by atoms with van der Waals surface area (Å²) in [5, 5.41) is 2.03. The minimum absolute atomic E-state index is 0.599. The van der Waals surface area contributed by atoms with E-state index in [1.54, 1.807) is 0 Å². The summed E-state index contributed by atoms with van der Waals surface area (Å²) in [7, 11) is 0. The van der Waals surface area contributed by atoms with Crippen LogP contribution in [-0.2, 0) is 12.8 Å². The monoisotopic (exact) mass is 300 g/mol. The van der Waals surface area contributed by atoms with Gasteiger partial charge in [-0.05, 0) is 30.5 Å². The van der Waals surface area contributed by atoms with E-state index in [2.05, 4.69) is 11.9 Å². The molecule has 2 rings (SSSR count). The van der Waals surface area contributed by atoms with Gasteiger partial charge in [0.25, 0.3) is 0 Å². The van der Waals surface area contributed by atoms with Crippen LogP contribution in [0.25, 0.3) is 0 Å². The molecule has 1 aromatic heterocycles. The topological polar surface area (TPSA) is 38.9 Å². The van der Waals surface area contributed by atoms with Gasteiger partial charge in [-0.2, -0.15) is 0 Å². The highest BCUT2D eigenvalue weighted by molar-refractivity contribution is 7.15. The average Bonchev–Trinajstić information content (AvgIpc) is 2.70. The number of halogens is 2. The van der Waals surface area contributed by atoms with E-state index in [4.69, 9.17) is 28.9 Å². The molecule has 0 spiro atoms. The summed E-state index contributed by atoms with van der Waals surface area (Å²) in [5.74, 6) is 0. The van der Waals surface area contributed by atoms with Gasteiger partial charge in [0.05, 0.1) is 5.69 Å². The zero-order valence-electron chi connectivity index (χ0n) is 10.3. The van der Waals surface area contributed by atoms with Crippen molar-refractivity contribution < 1.29 is 0 Å². The number of nitrogens with two attached hydrogens (primary N) is 1. The van der Waals surface area contributed by atoms with Crippen molar-refractivity contribution in [3.8, 4) is 0 Å². The smallest absolute Gasteiger partial charge is 0.180 e. The molecule has 0 saturated carbocycles. The van der Waals surface area contributed by atoms with Crippen LogP contribution in [0.2, 0.25) is 10.0 Å². The Hall–Kier alpha value is -0.770. The number of hydrogen-bond acceptors (Lipinski definition) is 3. The van der Waals surface area contributed by atoms with E-state index in [1.807, 2.05) is 19.1 Å². The van der Waals surface area contributed by atoms with Crippen molar-refractivity contribution in [2.45, 2.75) is 26.7 Å². The van der Waals surface area contributed by atoms with Crippen LogP contribution in [0, 0.1) is 6.92 Å². The first-order chi connectivity index (χ1) is 8.52. The van der Waals surface area contributed by atoms with Crippen LogP contribution in [0.5, 0.6) is 0 Å². The van der Waals surface area contributed by atoms with E-state index >= 15 is 0 Å². The molecule has 0 aliphatic rings. The van der Waals surface area contributed by atoms with Gasteiger partial charge in [-0.25, -0.2) is 4.98 Å². The van der Waals surface area contributed by atoms with Gasteiger partial charge in [0.1, 0.15) is 0 Å². The summed E-state index contributed by atoms with van der Waals surface area (Å²) in [6.07, 6.45) is 1.56. The zero-order chi connectivity index (χ0) is 13.3. The maximum Gasteiger partial charge on any atom is 0.180 e. The van der Waals surface area contributed by atoms with Crippen LogP contribution in [-0.4, -0.2) is 4.98 Å². The fourth-order valence-electron chi connectivity index (χ4n) is 1.86. The van der Waals surface area contributed by atoms with E-state index in [0.29, 0.717) is 16.6 Å². The largest absolute Gasteiger partial charge is 0.375 e. The van der Waals surface area contributed by atoms with Crippen LogP contribution in [0.15, 0.2) is 12.1 Å². The quantitative estimate of drug-likeness (QED) is 0.907. The highest BCUT2D eigenvalue weighted by atomic mass is 35.5. The molecule has 96 valence electrons. The van der Waals surface area contributed by atoms with Crippen molar-refractivity contribution in [3.05, 3.63) is 43.9 Å². The molecule has 0 unspecified atom stereocenters. The predicted molar refractivity (Wildman–Crippen MR) is 79.9 cm³/mol. The van der Waals surface area contributed by atoms with Crippen LogP contribution in [0.1, 0.15) is 28.6 Å². The second-order valence-electron chi connectivity index (χ2n) is 4.11. The second-order valence-corrected chi connectivity index (χ2v) is 6.01. The molecule has 0 atom stereocenters. The summed E-state index contributed by atoms with van der Waals surface area (Å²) in [6, 6.07) is 3.81. The lowest BCUT2D eigenvalue weighted by atomic mass is 10.1. The lowest BCUT2D eigenvalue weighted by Gasteiger charge is -2.09. The van der Waals surface area contributed by atoms with E-state index < -0.39 is 0 Å². The normalized spacial score (nSPS) is 10.9. The molecule has 0 radical (unpaired) electrons. The van der Waals surface area contributed by atoms with Crippen LogP contribution < -0.4 is 5.73 Å². The Labute approximate surface area is 121 Å². The molecule has 2 aromatic rings. The molecule has 0 fully saturated rings. The lowest BCUT2D eigenvalue weighted by Crippen LogP contribution is -1.94. The van der Waals surface area contributed by atoms with E-state index in [9.17, 15) is 0 Å². The third-order valence-electron chi connectivity index (χ3n) is 2.85.